The molecule has 0 bridgehead atoms. The van der Waals surface area contributed by atoms with Crippen LogP contribution in [0.1, 0.15) is 12.5 Å². The second-order valence-electron chi connectivity index (χ2n) is 11.9. The van der Waals surface area contributed by atoms with Crippen molar-refractivity contribution in [1.29, 1.82) is 0 Å². The number of hydrogen-bond acceptors (Lipinski definition) is 5. The van der Waals surface area contributed by atoms with Crippen molar-refractivity contribution in [3.05, 3.63) is 157 Å². The first-order valence-electron chi connectivity index (χ1n) is 16.3. The highest BCUT2D eigenvalue weighted by Gasteiger charge is 2.24. The molecule has 0 N–H and O–H groups in total. The van der Waals surface area contributed by atoms with E-state index in [1.54, 1.807) is 0 Å². The molecule has 0 saturated heterocycles. The van der Waals surface area contributed by atoms with Crippen molar-refractivity contribution >= 4 is 50.0 Å². The second kappa shape index (κ2) is 11.9. The van der Waals surface area contributed by atoms with Crippen LogP contribution in [-0.4, -0.2) is 15.0 Å². The number of benzene rings is 6. The predicted octanol–water partition coefficient (Wildman–Crippen LogP) is 11.9. The van der Waals surface area contributed by atoms with Crippen LogP contribution in [0.4, 0.5) is 0 Å². The van der Waals surface area contributed by atoms with Crippen molar-refractivity contribution in [3.8, 4) is 45.3 Å². The van der Waals surface area contributed by atoms with Crippen molar-refractivity contribution in [2.75, 3.05) is 0 Å². The van der Waals surface area contributed by atoms with E-state index in [0.29, 0.717) is 17.5 Å². The molecule has 0 aliphatic heterocycles. The molecule has 3 heterocycles. The molecule has 0 aliphatic rings. The van der Waals surface area contributed by atoms with E-state index in [0.717, 1.165) is 77.3 Å². The lowest BCUT2D eigenvalue weighted by Crippen LogP contribution is -2.01. The molecule has 0 spiro atoms. The van der Waals surface area contributed by atoms with Crippen LogP contribution in [0.3, 0.4) is 0 Å². The van der Waals surface area contributed by atoms with E-state index >= 15 is 0 Å². The average molecular weight is 632 g/mol. The summed E-state index contributed by atoms with van der Waals surface area (Å²) in [7, 11) is 0. The largest absolute Gasteiger partial charge is 0.456 e. The van der Waals surface area contributed by atoms with Crippen molar-refractivity contribution in [3.63, 3.8) is 0 Å². The lowest BCUT2D eigenvalue weighted by molar-refractivity contribution is 0.668. The molecule has 3 aromatic heterocycles. The molecule has 9 rings (SSSR count). The van der Waals surface area contributed by atoms with E-state index in [9.17, 15) is 0 Å². The Bertz CT molecular complexity index is 2660. The number of furan rings is 2. The zero-order valence-electron chi connectivity index (χ0n) is 26.7. The monoisotopic (exact) mass is 631 g/mol. The van der Waals surface area contributed by atoms with Gasteiger partial charge in [0, 0.05) is 43.8 Å². The van der Waals surface area contributed by atoms with Gasteiger partial charge < -0.3 is 8.83 Å². The van der Waals surface area contributed by atoms with Gasteiger partial charge in [-0.25, -0.2) is 15.0 Å². The molecule has 5 heteroatoms. The minimum Gasteiger partial charge on any atom is -0.456 e. The smallest absolute Gasteiger partial charge is 0.165 e. The van der Waals surface area contributed by atoms with Crippen LogP contribution in [0, 0.1) is 0 Å². The number of aromatic nitrogens is 3. The molecule has 0 unspecified atom stereocenters. The fourth-order valence-corrected chi connectivity index (χ4v) is 6.60. The first-order chi connectivity index (χ1) is 24.2. The Morgan fingerprint density at radius 2 is 1.14 bits per heavy atom. The summed E-state index contributed by atoms with van der Waals surface area (Å²) in [4.78, 5) is 15.3. The van der Waals surface area contributed by atoms with Gasteiger partial charge in [-0.3, -0.25) is 0 Å². The number of para-hydroxylation sites is 2. The highest BCUT2D eigenvalue weighted by molar-refractivity contribution is 6.18. The summed E-state index contributed by atoms with van der Waals surface area (Å²) in [5, 5.41) is 4.05. The highest BCUT2D eigenvalue weighted by Crippen LogP contribution is 2.45. The highest BCUT2D eigenvalue weighted by atomic mass is 16.3. The molecular weight excluding hydrogens is 603 g/mol. The van der Waals surface area contributed by atoms with Gasteiger partial charge >= 0.3 is 0 Å². The summed E-state index contributed by atoms with van der Waals surface area (Å²) in [5.74, 6) is 1.76. The van der Waals surface area contributed by atoms with E-state index in [-0.39, 0.29) is 0 Å². The standard InChI is InChI=1S/C44H29N3O2/c1-2-3-6-14-28-23-25-37-35(27-28)33-21-13-20-32(41(33)49-37)31-24-26-38-39(34-19-11-12-22-36(34)48-38)40(31)44-46-42(29-15-7-4-8-16-29)45-43(47-44)30-17-9-5-10-18-30/h2-27H,1H3/b3-2-,14-6-. The lowest BCUT2D eigenvalue weighted by Gasteiger charge is -2.13. The van der Waals surface area contributed by atoms with Crippen LogP contribution < -0.4 is 0 Å². The summed E-state index contributed by atoms with van der Waals surface area (Å²) in [6, 6.07) is 45.0. The van der Waals surface area contributed by atoms with Gasteiger partial charge in [0.1, 0.15) is 22.3 Å². The second-order valence-corrected chi connectivity index (χ2v) is 11.9. The zero-order valence-corrected chi connectivity index (χ0v) is 26.7. The Hall–Kier alpha value is -6.59. The molecule has 232 valence electrons. The zero-order chi connectivity index (χ0) is 32.7. The predicted molar refractivity (Wildman–Crippen MR) is 200 cm³/mol. The maximum Gasteiger partial charge on any atom is 0.165 e. The van der Waals surface area contributed by atoms with Gasteiger partial charge in [-0.2, -0.15) is 0 Å². The lowest BCUT2D eigenvalue weighted by atomic mass is 9.93. The fourth-order valence-electron chi connectivity index (χ4n) is 6.60. The third kappa shape index (κ3) is 5.00. The van der Waals surface area contributed by atoms with Crippen LogP contribution in [0.15, 0.2) is 161 Å². The molecule has 0 atom stereocenters. The topological polar surface area (TPSA) is 65.0 Å². The minimum atomic E-state index is 0.560. The first kappa shape index (κ1) is 28.6. The Morgan fingerprint density at radius 1 is 0.490 bits per heavy atom. The van der Waals surface area contributed by atoms with Gasteiger partial charge in [0.05, 0.1) is 0 Å². The molecule has 0 amide bonds. The molecule has 9 aromatic rings. The number of nitrogens with zero attached hydrogens (tertiary/aromatic N) is 3. The van der Waals surface area contributed by atoms with Gasteiger partial charge in [0.15, 0.2) is 17.5 Å². The Kier molecular flexibility index (Phi) is 6.95. The summed E-state index contributed by atoms with van der Waals surface area (Å²) < 4.78 is 13.1. The summed E-state index contributed by atoms with van der Waals surface area (Å²) in [5.41, 5.74) is 8.89. The van der Waals surface area contributed by atoms with Gasteiger partial charge in [0.2, 0.25) is 0 Å². The van der Waals surface area contributed by atoms with E-state index < -0.39 is 0 Å². The molecule has 0 saturated carbocycles. The number of fused-ring (bicyclic) bond motifs is 6. The molecular formula is C44H29N3O2. The average Bonchev–Trinajstić information content (AvgIpc) is 3.73. The van der Waals surface area contributed by atoms with Gasteiger partial charge in [-0.15, -0.1) is 0 Å². The maximum atomic E-state index is 6.66. The number of allylic oxidation sites excluding steroid dienone is 3. The Balaban J connectivity index is 1.36. The molecule has 0 fully saturated rings. The van der Waals surface area contributed by atoms with Crippen molar-refractivity contribution in [2.24, 2.45) is 0 Å². The molecule has 0 aliphatic carbocycles. The summed E-state index contributed by atoms with van der Waals surface area (Å²) in [6.07, 6.45) is 8.20. The number of hydrogen-bond donors (Lipinski definition) is 0. The van der Waals surface area contributed by atoms with E-state index in [2.05, 4.69) is 48.5 Å². The molecule has 5 nitrogen and oxygen atoms in total. The van der Waals surface area contributed by atoms with Crippen molar-refractivity contribution < 1.29 is 8.83 Å². The van der Waals surface area contributed by atoms with Crippen LogP contribution in [-0.2, 0) is 0 Å². The fraction of sp³-hybridized carbons (Fsp3) is 0.0227. The number of rotatable bonds is 6. The van der Waals surface area contributed by atoms with E-state index in [1.807, 2.05) is 116 Å². The van der Waals surface area contributed by atoms with E-state index in [4.69, 9.17) is 23.8 Å². The Labute approximate surface area is 282 Å². The third-order valence-electron chi connectivity index (χ3n) is 8.87. The summed E-state index contributed by atoms with van der Waals surface area (Å²) in [6.45, 7) is 2.01. The van der Waals surface area contributed by atoms with Gasteiger partial charge in [-0.05, 0) is 48.4 Å². The van der Waals surface area contributed by atoms with Crippen LogP contribution in [0.25, 0.3) is 95.2 Å². The molecule has 49 heavy (non-hydrogen) atoms. The van der Waals surface area contributed by atoms with Gasteiger partial charge in [0.25, 0.3) is 0 Å². The normalized spacial score (nSPS) is 12.0. The first-order valence-corrected chi connectivity index (χ1v) is 16.3. The third-order valence-corrected chi connectivity index (χ3v) is 8.87. The summed E-state index contributed by atoms with van der Waals surface area (Å²) >= 11 is 0. The van der Waals surface area contributed by atoms with Gasteiger partial charge in [-0.1, -0.05) is 127 Å². The van der Waals surface area contributed by atoms with Crippen molar-refractivity contribution in [1.82, 2.24) is 15.0 Å². The minimum absolute atomic E-state index is 0.560. The van der Waals surface area contributed by atoms with Crippen LogP contribution in [0.2, 0.25) is 0 Å². The Morgan fingerprint density at radius 3 is 1.90 bits per heavy atom. The SMILES string of the molecule is C/C=C\C=C/c1ccc2oc3c(-c4ccc5oc6ccccc6c5c4-c4nc(-c5ccccc5)nc(-c5ccccc5)n4)cccc3c2c1. The quantitative estimate of drug-likeness (QED) is 0.171. The van der Waals surface area contributed by atoms with Crippen LogP contribution in [0.5, 0.6) is 0 Å². The maximum absolute atomic E-state index is 6.66. The molecule has 6 aromatic carbocycles. The molecule has 0 radical (unpaired) electrons. The van der Waals surface area contributed by atoms with E-state index in [1.165, 1.54) is 0 Å². The van der Waals surface area contributed by atoms with Crippen molar-refractivity contribution in [2.45, 2.75) is 6.92 Å². The van der Waals surface area contributed by atoms with Crippen LogP contribution >= 0.6 is 0 Å².